The molecular weight excluding hydrogens is 397 g/mol. The van der Waals surface area contributed by atoms with Gasteiger partial charge in [0.05, 0.1) is 0 Å². The summed E-state index contributed by atoms with van der Waals surface area (Å²) in [6, 6.07) is 7.28. The van der Waals surface area contributed by atoms with Crippen molar-refractivity contribution in [3.8, 4) is 0 Å². The van der Waals surface area contributed by atoms with E-state index in [1.54, 1.807) is 6.07 Å². The maximum Gasteiger partial charge on any atom is 0.428 e. The van der Waals surface area contributed by atoms with Crippen molar-refractivity contribution in [3.05, 3.63) is 35.9 Å². The third kappa shape index (κ3) is 5.12. The highest BCUT2D eigenvalue weighted by Gasteiger charge is 2.64. The summed E-state index contributed by atoms with van der Waals surface area (Å²) in [4.78, 5) is 13.6. The normalized spacial score (nSPS) is 24.0. The molecule has 0 amide bonds. The number of alkyl halides is 3. The van der Waals surface area contributed by atoms with Gasteiger partial charge in [0.15, 0.2) is 14.1 Å². The first kappa shape index (κ1) is 24.1. The summed E-state index contributed by atoms with van der Waals surface area (Å²) in [5.74, 6) is -1.86. The Kier molecular flexibility index (Phi) is 7.73. The first-order valence-corrected chi connectivity index (χ1v) is 13.8. The van der Waals surface area contributed by atoms with Crippen molar-refractivity contribution in [2.24, 2.45) is 11.8 Å². The van der Waals surface area contributed by atoms with E-state index in [4.69, 9.17) is 9.16 Å². The number of carbonyl (C=O) groups is 1. The predicted octanol–water partition coefficient (Wildman–Crippen LogP) is 6.10. The fraction of sp³-hybridized carbons (Fsp3) is 0.682. The van der Waals surface area contributed by atoms with E-state index in [-0.39, 0.29) is 17.6 Å². The van der Waals surface area contributed by atoms with Gasteiger partial charge in [-0.05, 0) is 44.8 Å². The lowest BCUT2D eigenvalue weighted by Gasteiger charge is -2.43. The van der Waals surface area contributed by atoms with E-state index in [0.717, 1.165) is 20.0 Å². The number of ketones is 1. The van der Waals surface area contributed by atoms with Gasteiger partial charge in [0, 0.05) is 24.7 Å². The average molecular weight is 431 g/mol. The Morgan fingerprint density at radius 3 is 2.21 bits per heavy atom. The van der Waals surface area contributed by atoms with E-state index >= 15 is 0 Å². The van der Waals surface area contributed by atoms with Gasteiger partial charge in [0.25, 0.3) is 0 Å². The van der Waals surface area contributed by atoms with Crippen LogP contribution in [0.15, 0.2) is 30.3 Å². The topological polar surface area (TPSA) is 35.5 Å². The molecule has 7 heteroatoms. The zero-order valence-corrected chi connectivity index (χ0v) is 19.0. The van der Waals surface area contributed by atoms with Crippen LogP contribution in [0.25, 0.3) is 0 Å². The van der Waals surface area contributed by atoms with Crippen molar-refractivity contribution in [2.45, 2.75) is 76.6 Å². The molecule has 0 aliphatic heterocycles. The molecule has 1 aromatic rings. The Balaban J connectivity index is 2.50. The lowest BCUT2D eigenvalue weighted by atomic mass is 9.68. The molecule has 1 aromatic carbocycles. The molecule has 0 N–H and O–H groups in total. The molecule has 4 atom stereocenters. The Bertz CT molecular complexity index is 672. The molecule has 1 fully saturated rings. The number of methoxy groups -OCH3 is 1. The largest absolute Gasteiger partial charge is 0.428 e. The number of halogens is 3. The van der Waals surface area contributed by atoms with Crippen LogP contribution in [-0.4, -0.2) is 33.5 Å². The fourth-order valence-corrected chi connectivity index (χ4v) is 5.82. The van der Waals surface area contributed by atoms with Crippen molar-refractivity contribution in [1.29, 1.82) is 0 Å². The molecule has 2 rings (SSSR count). The second-order valence-electron chi connectivity index (χ2n) is 8.85. The number of benzene rings is 1. The minimum Gasteiger partial charge on any atom is -0.414 e. The Morgan fingerprint density at radius 2 is 1.72 bits per heavy atom. The second kappa shape index (κ2) is 9.31. The lowest BCUT2D eigenvalue weighted by Crippen LogP contribution is -2.55. The van der Waals surface area contributed by atoms with Gasteiger partial charge in [-0.1, -0.05) is 50.1 Å². The van der Waals surface area contributed by atoms with Gasteiger partial charge in [-0.15, -0.1) is 0 Å². The monoisotopic (exact) mass is 430 g/mol. The van der Waals surface area contributed by atoms with E-state index in [2.05, 4.69) is 19.6 Å². The summed E-state index contributed by atoms with van der Waals surface area (Å²) in [7, 11) is -0.931. The number of rotatable bonds is 8. The van der Waals surface area contributed by atoms with Crippen LogP contribution in [0, 0.1) is 11.8 Å². The average Bonchev–Trinajstić information content (AvgIpc) is 2.66. The van der Waals surface area contributed by atoms with E-state index in [9.17, 15) is 18.0 Å². The molecular formula is C22H33F3O3Si. The van der Waals surface area contributed by atoms with Crippen LogP contribution in [0.5, 0.6) is 0 Å². The molecule has 1 saturated carbocycles. The van der Waals surface area contributed by atoms with Crippen molar-refractivity contribution in [1.82, 2.24) is 0 Å². The molecule has 164 valence electrons. The van der Waals surface area contributed by atoms with E-state index in [0.29, 0.717) is 19.3 Å². The van der Waals surface area contributed by atoms with Gasteiger partial charge in [-0.25, -0.2) is 0 Å². The molecule has 0 saturated heterocycles. The highest BCUT2D eigenvalue weighted by molar-refractivity contribution is 6.69. The van der Waals surface area contributed by atoms with Gasteiger partial charge in [0.1, 0.15) is 0 Å². The summed E-state index contributed by atoms with van der Waals surface area (Å²) in [6.07, 6.45) is -1.62. The standard InChI is InChI=1S/C22H33F3O3Si/c1-6-19(28-29(3,4)5)17-14-10-11-15-18(17)20(26)21(27-2,22(23,24)25)16-12-8-7-9-13-16/h7-9,12-13,17-19H,6,10-11,14-15H2,1-5H3/t17?,18?,19-,21-/m0/s1. The maximum atomic E-state index is 14.4. The molecule has 0 radical (unpaired) electrons. The molecule has 1 aliphatic rings. The first-order chi connectivity index (χ1) is 13.5. The summed E-state index contributed by atoms with van der Waals surface area (Å²) in [5.41, 5.74) is -3.12. The highest BCUT2D eigenvalue weighted by Crippen LogP contribution is 2.48. The van der Waals surface area contributed by atoms with Crippen molar-refractivity contribution in [2.75, 3.05) is 7.11 Å². The predicted molar refractivity (Wildman–Crippen MR) is 110 cm³/mol. The fourth-order valence-electron chi connectivity index (χ4n) is 4.57. The third-order valence-electron chi connectivity index (χ3n) is 5.77. The summed E-state index contributed by atoms with van der Waals surface area (Å²) in [5, 5.41) is 0. The Labute approximate surface area is 173 Å². The van der Waals surface area contributed by atoms with Crippen molar-refractivity contribution >= 4 is 14.1 Å². The Morgan fingerprint density at radius 1 is 1.14 bits per heavy atom. The van der Waals surface area contributed by atoms with Crippen molar-refractivity contribution in [3.63, 3.8) is 0 Å². The molecule has 3 nitrogen and oxygen atoms in total. The van der Waals surface area contributed by atoms with E-state index in [1.807, 2.05) is 6.92 Å². The minimum absolute atomic E-state index is 0.163. The Hall–Kier alpha value is -1.18. The number of hydrogen-bond acceptors (Lipinski definition) is 3. The van der Waals surface area contributed by atoms with Crippen LogP contribution in [0.3, 0.4) is 0 Å². The molecule has 0 aromatic heterocycles. The van der Waals surface area contributed by atoms with Gasteiger partial charge < -0.3 is 9.16 Å². The summed E-state index contributed by atoms with van der Waals surface area (Å²) < 4.78 is 54.5. The van der Waals surface area contributed by atoms with Crippen LogP contribution in [0.1, 0.15) is 44.6 Å². The number of hydrogen-bond donors (Lipinski definition) is 0. The second-order valence-corrected chi connectivity index (χ2v) is 13.3. The smallest absolute Gasteiger partial charge is 0.414 e. The minimum atomic E-state index is -4.86. The molecule has 29 heavy (non-hydrogen) atoms. The molecule has 0 heterocycles. The van der Waals surface area contributed by atoms with E-state index in [1.165, 1.54) is 24.3 Å². The van der Waals surface area contributed by atoms with E-state index < -0.39 is 31.8 Å². The maximum absolute atomic E-state index is 14.4. The summed E-state index contributed by atoms with van der Waals surface area (Å²) >= 11 is 0. The third-order valence-corrected chi connectivity index (χ3v) is 6.78. The van der Waals surface area contributed by atoms with Crippen LogP contribution in [-0.2, 0) is 19.6 Å². The van der Waals surface area contributed by atoms with Gasteiger partial charge in [-0.2, -0.15) is 13.2 Å². The zero-order valence-electron chi connectivity index (χ0n) is 18.0. The SMILES string of the molecule is CC[C@H](O[Si](C)(C)C)C1CCCCC1C(=O)[C@@](OC)(c1ccccc1)C(F)(F)F. The molecule has 2 unspecified atom stereocenters. The van der Waals surface area contributed by atoms with Crippen LogP contribution in [0.2, 0.25) is 19.6 Å². The van der Waals surface area contributed by atoms with Crippen LogP contribution in [0.4, 0.5) is 13.2 Å². The van der Waals surface area contributed by atoms with Crippen LogP contribution >= 0.6 is 0 Å². The number of carbonyl (C=O) groups excluding carboxylic acids is 1. The van der Waals surface area contributed by atoms with Gasteiger partial charge >= 0.3 is 6.18 Å². The lowest BCUT2D eigenvalue weighted by molar-refractivity contribution is -0.267. The highest BCUT2D eigenvalue weighted by atomic mass is 28.4. The van der Waals surface area contributed by atoms with Gasteiger partial charge in [0.2, 0.25) is 5.60 Å². The van der Waals surface area contributed by atoms with Crippen molar-refractivity contribution < 1.29 is 27.1 Å². The number of Topliss-reactive ketones (excluding diaryl/α,β-unsaturated/α-hetero) is 1. The van der Waals surface area contributed by atoms with Gasteiger partial charge in [-0.3, -0.25) is 4.79 Å². The number of ether oxygens (including phenoxy) is 1. The quantitative estimate of drug-likeness (QED) is 0.468. The molecule has 0 bridgehead atoms. The molecule has 0 spiro atoms. The summed E-state index contributed by atoms with van der Waals surface area (Å²) in [6.45, 7) is 8.17. The zero-order chi connectivity index (χ0) is 21.9. The molecule has 1 aliphatic carbocycles. The first-order valence-electron chi connectivity index (χ1n) is 10.4. The van der Waals surface area contributed by atoms with Crippen LogP contribution < -0.4 is 0 Å².